The molecule has 1 aliphatic heterocycles. The van der Waals surface area contributed by atoms with Crippen LogP contribution in [0.15, 0.2) is 59.6 Å². The summed E-state index contributed by atoms with van der Waals surface area (Å²) in [6.07, 6.45) is 1.62. The molecule has 2 aromatic rings. The van der Waals surface area contributed by atoms with E-state index in [1.165, 1.54) is 5.56 Å². The van der Waals surface area contributed by atoms with E-state index < -0.39 is 5.54 Å². The number of ether oxygens (including phenoxy) is 2. The van der Waals surface area contributed by atoms with Crippen molar-refractivity contribution < 1.29 is 14.6 Å². The van der Waals surface area contributed by atoms with E-state index in [0.717, 1.165) is 24.2 Å². The number of aryl methyl sites for hydroxylation is 1. The van der Waals surface area contributed by atoms with E-state index in [2.05, 4.69) is 29.3 Å². The molecule has 3 rings (SSSR count). The second-order valence-corrected chi connectivity index (χ2v) is 6.22. The van der Waals surface area contributed by atoms with Gasteiger partial charge in [-0.15, -0.1) is 0 Å². The van der Waals surface area contributed by atoms with Crippen molar-refractivity contribution in [2.45, 2.75) is 31.9 Å². The lowest BCUT2D eigenvalue weighted by molar-refractivity contribution is 0.150. The fraction of sp³-hybridized carbons (Fsp3) is 0.350. The van der Waals surface area contributed by atoms with E-state index in [9.17, 15) is 5.11 Å². The largest absolute Gasteiger partial charge is 0.489 e. The molecule has 0 saturated carbocycles. The van der Waals surface area contributed by atoms with Crippen LogP contribution in [0.3, 0.4) is 0 Å². The molecule has 1 heterocycles. The Balaban J connectivity index is 1.53. The second kappa shape index (κ2) is 7.49. The van der Waals surface area contributed by atoms with Crippen molar-refractivity contribution in [3.63, 3.8) is 0 Å². The molecule has 4 heteroatoms. The van der Waals surface area contributed by atoms with Gasteiger partial charge in [0.15, 0.2) is 5.90 Å². The van der Waals surface area contributed by atoms with Crippen molar-refractivity contribution in [2.24, 2.45) is 4.99 Å². The van der Waals surface area contributed by atoms with E-state index in [-0.39, 0.29) is 6.61 Å². The predicted molar refractivity (Wildman–Crippen MR) is 94.4 cm³/mol. The van der Waals surface area contributed by atoms with E-state index in [1.54, 1.807) is 0 Å². The summed E-state index contributed by atoms with van der Waals surface area (Å²) in [6.45, 7) is 2.88. The quantitative estimate of drug-likeness (QED) is 0.849. The van der Waals surface area contributed by atoms with Crippen LogP contribution in [-0.2, 0) is 17.8 Å². The lowest BCUT2D eigenvalue weighted by atomic mass is 9.94. The van der Waals surface area contributed by atoms with Crippen LogP contribution in [0.25, 0.3) is 0 Å². The van der Waals surface area contributed by atoms with E-state index in [0.29, 0.717) is 19.1 Å². The number of hydrogen-bond acceptors (Lipinski definition) is 4. The van der Waals surface area contributed by atoms with Gasteiger partial charge in [0.25, 0.3) is 0 Å². The molecule has 0 radical (unpaired) electrons. The van der Waals surface area contributed by atoms with Gasteiger partial charge in [-0.25, -0.2) is 4.99 Å². The molecule has 2 aromatic carbocycles. The molecule has 0 saturated heterocycles. The summed E-state index contributed by atoms with van der Waals surface area (Å²) in [4.78, 5) is 4.45. The van der Waals surface area contributed by atoms with Crippen LogP contribution >= 0.6 is 0 Å². The first-order valence-electron chi connectivity index (χ1n) is 8.25. The summed E-state index contributed by atoms with van der Waals surface area (Å²) in [5.41, 5.74) is 1.88. The lowest BCUT2D eigenvalue weighted by Crippen LogP contribution is -2.33. The number of aliphatic imine (C=N–C) groups is 1. The zero-order valence-electron chi connectivity index (χ0n) is 13.9. The summed E-state index contributed by atoms with van der Waals surface area (Å²) < 4.78 is 11.2. The number of benzene rings is 2. The molecular formula is C20H23NO3. The molecule has 1 atom stereocenters. The number of rotatable bonds is 7. The minimum atomic E-state index is -0.480. The fourth-order valence-corrected chi connectivity index (χ4v) is 2.80. The molecule has 0 fully saturated rings. The third kappa shape index (κ3) is 4.15. The van der Waals surface area contributed by atoms with E-state index in [4.69, 9.17) is 9.47 Å². The second-order valence-electron chi connectivity index (χ2n) is 6.22. The number of hydrogen-bond donors (Lipinski definition) is 1. The van der Waals surface area contributed by atoms with E-state index >= 15 is 0 Å². The minimum Gasteiger partial charge on any atom is -0.489 e. The van der Waals surface area contributed by atoms with Gasteiger partial charge in [0.1, 0.15) is 24.5 Å². The number of aliphatic hydroxyl groups is 1. The normalized spacial score (nSPS) is 19.7. The molecule has 0 aliphatic carbocycles. The van der Waals surface area contributed by atoms with Crippen molar-refractivity contribution in [3.8, 4) is 5.75 Å². The third-order valence-corrected chi connectivity index (χ3v) is 4.29. The summed E-state index contributed by atoms with van der Waals surface area (Å²) >= 11 is 0. The molecule has 24 heavy (non-hydrogen) atoms. The molecule has 0 amide bonds. The average molecular weight is 325 g/mol. The number of nitrogens with zero attached hydrogens (tertiary/aromatic N) is 1. The summed E-state index contributed by atoms with van der Waals surface area (Å²) in [7, 11) is 0. The zero-order chi connectivity index (χ0) is 16.8. The highest BCUT2D eigenvalue weighted by atomic mass is 16.5. The summed E-state index contributed by atoms with van der Waals surface area (Å²) in [5.74, 6) is 1.52. The maximum atomic E-state index is 9.63. The van der Waals surface area contributed by atoms with Crippen LogP contribution in [0.1, 0.15) is 24.5 Å². The first-order chi connectivity index (χ1) is 11.7. The van der Waals surface area contributed by atoms with Crippen molar-refractivity contribution in [3.05, 3.63) is 65.7 Å². The number of aliphatic hydroxyl groups excluding tert-OH is 1. The lowest BCUT2D eigenvalue weighted by Gasteiger charge is -2.21. The summed E-state index contributed by atoms with van der Waals surface area (Å²) in [6, 6.07) is 18.2. The monoisotopic (exact) mass is 325 g/mol. The molecule has 4 nitrogen and oxygen atoms in total. The molecular weight excluding hydrogens is 302 g/mol. The Morgan fingerprint density at radius 1 is 1.08 bits per heavy atom. The van der Waals surface area contributed by atoms with Gasteiger partial charge in [0.2, 0.25) is 0 Å². The van der Waals surface area contributed by atoms with Gasteiger partial charge in [0.05, 0.1) is 6.61 Å². The highest BCUT2D eigenvalue weighted by Gasteiger charge is 2.34. The Morgan fingerprint density at radius 3 is 2.46 bits per heavy atom. The summed E-state index contributed by atoms with van der Waals surface area (Å²) in [5, 5.41) is 9.63. The van der Waals surface area contributed by atoms with Crippen LogP contribution in [0.2, 0.25) is 0 Å². The van der Waals surface area contributed by atoms with Crippen molar-refractivity contribution in [2.75, 3.05) is 13.2 Å². The van der Waals surface area contributed by atoms with Gasteiger partial charge >= 0.3 is 0 Å². The van der Waals surface area contributed by atoms with Crippen molar-refractivity contribution >= 4 is 5.90 Å². The molecule has 0 aromatic heterocycles. The van der Waals surface area contributed by atoms with Gasteiger partial charge in [-0.05, 0) is 36.1 Å². The average Bonchev–Trinajstić information content (AvgIpc) is 3.02. The maximum Gasteiger partial charge on any atom is 0.180 e. The smallest absolute Gasteiger partial charge is 0.180 e. The fourth-order valence-electron chi connectivity index (χ4n) is 2.80. The third-order valence-electron chi connectivity index (χ3n) is 4.29. The van der Waals surface area contributed by atoms with Crippen LogP contribution in [0, 0.1) is 0 Å². The molecule has 1 N–H and O–H groups in total. The predicted octanol–water partition coefficient (Wildman–Crippen LogP) is 3.38. The van der Waals surface area contributed by atoms with E-state index in [1.807, 2.05) is 37.3 Å². The molecule has 126 valence electrons. The Bertz CT molecular complexity index is 682. The maximum absolute atomic E-state index is 9.63. The first kappa shape index (κ1) is 16.5. The topological polar surface area (TPSA) is 51.1 Å². The molecule has 0 bridgehead atoms. The molecule has 1 unspecified atom stereocenters. The Kier molecular flexibility index (Phi) is 5.16. The van der Waals surface area contributed by atoms with Crippen molar-refractivity contribution in [1.82, 2.24) is 0 Å². The van der Waals surface area contributed by atoms with Crippen LogP contribution in [-0.4, -0.2) is 29.8 Å². The molecule has 1 aliphatic rings. The van der Waals surface area contributed by atoms with Crippen molar-refractivity contribution in [1.29, 1.82) is 0 Å². The molecule has 0 spiro atoms. The van der Waals surface area contributed by atoms with Crippen LogP contribution in [0.4, 0.5) is 0 Å². The Morgan fingerprint density at radius 2 is 1.83 bits per heavy atom. The SMILES string of the molecule is CC1=NC(CO)(CCc2ccc(OCc3ccccc3)cc2)CO1. The van der Waals surface area contributed by atoms with Gasteiger partial charge in [-0.2, -0.15) is 0 Å². The highest BCUT2D eigenvalue weighted by molar-refractivity contribution is 5.75. The highest BCUT2D eigenvalue weighted by Crippen LogP contribution is 2.25. The van der Waals surface area contributed by atoms with Gasteiger partial charge < -0.3 is 14.6 Å². The zero-order valence-corrected chi connectivity index (χ0v) is 13.9. The van der Waals surface area contributed by atoms with Gasteiger partial charge in [-0.3, -0.25) is 0 Å². The van der Waals surface area contributed by atoms with Crippen LogP contribution < -0.4 is 4.74 Å². The van der Waals surface area contributed by atoms with Gasteiger partial charge in [0, 0.05) is 6.92 Å². The van der Waals surface area contributed by atoms with Gasteiger partial charge in [-0.1, -0.05) is 42.5 Å². The Labute approximate surface area is 142 Å². The standard InChI is InChI=1S/C20H23NO3/c1-16-21-20(14-22,15-24-16)12-11-17-7-9-19(10-8-17)23-13-18-5-3-2-4-6-18/h2-10,22H,11-15H2,1H3. The first-order valence-corrected chi connectivity index (χ1v) is 8.25. The Hall–Kier alpha value is -2.33. The minimum absolute atomic E-state index is 0.0165. The van der Waals surface area contributed by atoms with Crippen LogP contribution in [0.5, 0.6) is 5.75 Å².